The second-order valence-electron chi connectivity index (χ2n) is 5.94. The topological polar surface area (TPSA) is 43.7 Å². The molecule has 0 saturated heterocycles. The van der Waals surface area contributed by atoms with Gasteiger partial charge in [-0.2, -0.15) is 0 Å². The second-order valence-corrected chi connectivity index (χ2v) is 6.12. The van der Waals surface area contributed by atoms with Gasteiger partial charge in [0.1, 0.15) is 5.75 Å². The summed E-state index contributed by atoms with van der Waals surface area (Å²) in [6.45, 7) is 2.07. The van der Waals surface area contributed by atoms with Crippen molar-refractivity contribution in [3.8, 4) is 16.9 Å². The number of thiocarbonyl (C=S) groups is 1. The largest absolute Gasteiger partial charge is 0.497 e. The van der Waals surface area contributed by atoms with Crippen molar-refractivity contribution in [1.29, 1.82) is 0 Å². The maximum absolute atomic E-state index is 6.21. The molecular formula is C19H20N2O2S. The van der Waals surface area contributed by atoms with Gasteiger partial charge in [0.25, 0.3) is 0 Å². The fraction of sp³-hybridized carbons (Fsp3) is 0.368. The molecule has 0 amide bonds. The normalized spacial score (nSPS) is 20.6. The quantitative estimate of drug-likeness (QED) is 0.575. The van der Waals surface area contributed by atoms with Crippen LogP contribution in [0.5, 0.6) is 5.75 Å². The second kappa shape index (κ2) is 7.67. The molecular weight excluding hydrogens is 320 g/mol. The maximum atomic E-state index is 6.21. The smallest absolute Gasteiger partial charge is 0.119 e. The highest BCUT2D eigenvalue weighted by Crippen LogP contribution is 2.36. The van der Waals surface area contributed by atoms with Crippen molar-refractivity contribution in [2.24, 2.45) is 4.99 Å². The molecule has 0 bridgehead atoms. The molecule has 24 heavy (non-hydrogen) atoms. The number of aromatic nitrogens is 1. The van der Waals surface area contributed by atoms with Crippen LogP contribution in [0, 0.1) is 0 Å². The molecule has 3 rings (SSSR count). The number of pyridine rings is 1. The third-order valence-electron chi connectivity index (χ3n) is 4.37. The van der Waals surface area contributed by atoms with Gasteiger partial charge in [-0.15, -0.1) is 0 Å². The summed E-state index contributed by atoms with van der Waals surface area (Å²) < 4.78 is 11.6. The lowest BCUT2D eigenvalue weighted by atomic mass is 9.89. The van der Waals surface area contributed by atoms with E-state index in [2.05, 4.69) is 46.4 Å². The Morgan fingerprint density at radius 3 is 2.83 bits per heavy atom. The Kier molecular flexibility index (Phi) is 5.36. The van der Waals surface area contributed by atoms with Crippen LogP contribution in [0.3, 0.4) is 0 Å². The van der Waals surface area contributed by atoms with Gasteiger partial charge in [0.05, 0.1) is 30.5 Å². The molecule has 1 unspecified atom stereocenters. The lowest BCUT2D eigenvalue weighted by molar-refractivity contribution is -0.0520. The Morgan fingerprint density at radius 2 is 2.17 bits per heavy atom. The summed E-state index contributed by atoms with van der Waals surface area (Å²) in [5.74, 6) is 0.824. The zero-order valence-corrected chi connectivity index (χ0v) is 14.6. The van der Waals surface area contributed by atoms with Crippen molar-refractivity contribution < 1.29 is 9.47 Å². The first-order valence-electron chi connectivity index (χ1n) is 8.02. The van der Waals surface area contributed by atoms with Crippen molar-refractivity contribution in [3.05, 3.63) is 48.3 Å². The monoisotopic (exact) mass is 340 g/mol. The average Bonchev–Trinajstić information content (AvgIpc) is 2.60. The lowest BCUT2D eigenvalue weighted by Crippen LogP contribution is -2.35. The molecule has 1 aliphatic carbocycles. The van der Waals surface area contributed by atoms with Crippen LogP contribution in [0.2, 0.25) is 0 Å². The van der Waals surface area contributed by atoms with Gasteiger partial charge < -0.3 is 9.47 Å². The molecule has 1 aliphatic rings. The molecule has 2 aromatic rings. The van der Waals surface area contributed by atoms with Crippen LogP contribution in [0.15, 0.2) is 47.7 Å². The number of methoxy groups -OCH3 is 1. The minimum Gasteiger partial charge on any atom is -0.497 e. The van der Waals surface area contributed by atoms with E-state index in [4.69, 9.17) is 9.47 Å². The number of hydrogen-bond donors (Lipinski definition) is 0. The molecule has 0 N–H and O–H groups in total. The van der Waals surface area contributed by atoms with Crippen molar-refractivity contribution in [2.75, 3.05) is 7.11 Å². The number of benzene rings is 1. The summed E-state index contributed by atoms with van der Waals surface area (Å²) in [5, 5.41) is 2.45. The number of isothiocyanates is 1. The van der Waals surface area contributed by atoms with Crippen molar-refractivity contribution in [3.63, 3.8) is 0 Å². The highest BCUT2D eigenvalue weighted by atomic mass is 32.1. The summed E-state index contributed by atoms with van der Waals surface area (Å²) in [5.41, 5.74) is 3.29. The van der Waals surface area contributed by atoms with Crippen LogP contribution >= 0.6 is 12.2 Å². The van der Waals surface area contributed by atoms with Gasteiger partial charge in [0.2, 0.25) is 0 Å². The van der Waals surface area contributed by atoms with Crippen LogP contribution < -0.4 is 4.74 Å². The summed E-state index contributed by atoms with van der Waals surface area (Å²) in [4.78, 5) is 8.33. The molecule has 5 heteroatoms. The van der Waals surface area contributed by atoms with Crippen LogP contribution in [0.25, 0.3) is 11.1 Å². The predicted octanol–water partition coefficient (Wildman–Crippen LogP) is 4.47. The predicted molar refractivity (Wildman–Crippen MR) is 97.6 cm³/mol. The SMILES string of the molecule is COc1ccc(-c2cccnc2)c(C(C)OC2CC(N=C=S)C2)c1. The van der Waals surface area contributed by atoms with Crippen LogP contribution in [0.4, 0.5) is 0 Å². The van der Waals surface area contributed by atoms with Crippen LogP contribution in [-0.4, -0.2) is 29.4 Å². The van der Waals surface area contributed by atoms with Crippen molar-refractivity contribution in [1.82, 2.24) is 4.98 Å². The van der Waals surface area contributed by atoms with E-state index < -0.39 is 0 Å². The van der Waals surface area contributed by atoms with E-state index in [0.29, 0.717) is 0 Å². The van der Waals surface area contributed by atoms with E-state index in [1.54, 1.807) is 13.3 Å². The van der Waals surface area contributed by atoms with E-state index in [0.717, 1.165) is 35.3 Å². The van der Waals surface area contributed by atoms with Gasteiger partial charge in [0, 0.05) is 18.0 Å². The fourth-order valence-corrected chi connectivity index (χ4v) is 3.13. The van der Waals surface area contributed by atoms with Gasteiger partial charge in [-0.05, 0) is 61.3 Å². The highest BCUT2D eigenvalue weighted by Gasteiger charge is 2.31. The van der Waals surface area contributed by atoms with Crippen LogP contribution in [0.1, 0.15) is 31.4 Å². The van der Waals surface area contributed by atoms with Gasteiger partial charge in [0.15, 0.2) is 0 Å². The summed E-state index contributed by atoms with van der Waals surface area (Å²) >= 11 is 4.65. The Balaban J connectivity index is 1.81. The van der Waals surface area contributed by atoms with Crippen molar-refractivity contribution in [2.45, 2.75) is 38.0 Å². The summed E-state index contributed by atoms with van der Waals surface area (Å²) in [6, 6.07) is 10.3. The van der Waals surface area contributed by atoms with Crippen molar-refractivity contribution >= 4 is 17.4 Å². The number of aliphatic imine (C=N–C) groups is 1. The molecule has 1 heterocycles. The Hall–Kier alpha value is -2.07. The zero-order valence-electron chi connectivity index (χ0n) is 13.8. The van der Waals surface area contributed by atoms with E-state index in [1.807, 2.05) is 24.4 Å². The lowest BCUT2D eigenvalue weighted by Gasteiger charge is -2.34. The van der Waals surface area contributed by atoms with E-state index in [-0.39, 0.29) is 18.2 Å². The third kappa shape index (κ3) is 3.70. The van der Waals surface area contributed by atoms with Gasteiger partial charge >= 0.3 is 0 Å². The molecule has 1 aromatic carbocycles. The number of hydrogen-bond acceptors (Lipinski definition) is 5. The third-order valence-corrected chi connectivity index (χ3v) is 4.48. The summed E-state index contributed by atoms with van der Waals surface area (Å²) in [6.07, 6.45) is 5.62. The van der Waals surface area contributed by atoms with Gasteiger partial charge in [-0.3, -0.25) is 4.98 Å². The minimum absolute atomic E-state index is 0.0438. The first-order chi connectivity index (χ1) is 11.7. The molecule has 0 radical (unpaired) electrons. The Morgan fingerprint density at radius 1 is 1.33 bits per heavy atom. The molecule has 1 saturated carbocycles. The van der Waals surface area contributed by atoms with E-state index >= 15 is 0 Å². The molecule has 0 aliphatic heterocycles. The fourth-order valence-electron chi connectivity index (χ4n) is 2.98. The molecule has 1 aromatic heterocycles. The molecule has 4 nitrogen and oxygen atoms in total. The first kappa shape index (κ1) is 16.8. The average molecular weight is 340 g/mol. The number of nitrogens with zero attached hydrogens (tertiary/aromatic N) is 2. The maximum Gasteiger partial charge on any atom is 0.119 e. The first-order valence-corrected chi connectivity index (χ1v) is 8.43. The zero-order chi connectivity index (χ0) is 16.9. The Labute approximate surface area is 147 Å². The van der Waals surface area contributed by atoms with Gasteiger partial charge in [-0.25, -0.2) is 4.99 Å². The summed E-state index contributed by atoms with van der Waals surface area (Å²) in [7, 11) is 1.67. The number of rotatable bonds is 6. The van der Waals surface area contributed by atoms with Crippen LogP contribution in [-0.2, 0) is 4.74 Å². The van der Waals surface area contributed by atoms with E-state index in [1.165, 1.54) is 0 Å². The molecule has 1 atom stereocenters. The highest BCUT2D eigenvalue weighted by molar-refractivity contribution is 7.78. The molecule has 0 spiro atoms. The molecule has 124 valence electrons. The molecule has 1 fully saturated rings. The standard InChI is InChI=1S/C19H20N2O2S/c1-13(23-17-8-15(9-17)21-12-24)19-10-16(22-2)5-6-18(19)14-4-3-7-20-11-14/h3-7,10-11,13,15,17H,8-9H2,1-2H3. The van der Waals surface area contributed by atoms with E-state index in [9.17, 15) is 0 Å². The van der Waals surface area contributed by atoms with Gasteiger partial charge in [-0.1, -0.05) is 12.1 Å². The minimum atomic E-state index is -0.0438. The Bertz CT molecular complexity index is 738. The number of ether oxygens (including phenoxy) is 2.